The summed E-state index contributed by atoms with van der Waals surface area (Å²) in [7, 11) is 0. The number of aromatic nitrogens is 2. The van der Waals surface area contributed by atoms with E-state index in [1.54, 1.807) is 24.3 Å². The average Bonchev–Trinajstić information content (AvgIpc) is 2.47. The molecule has 2 heterocycles. The van der Waals surface area contributed by atoms with Crippen LogP contribution in [0.3, 0.4) is 0 Å². The number of nitrogens with one attached hydrogen (secondary N) is 1. The molecule has 2 aromatic rings. The van der Waals surface area contributed by atoms with Crippen LogP contribution in [0.25, 0.3) is 0 Å². The van der Waals surface area contributed by atoms with Gasteiger partial charge in [0.2, 0.25) is 0 Å². The van der Waals surface area contributed by atoms with Crippen molar-refractivity contribution in [1.82, 2.24) is 9.55 Å². The fourth-order valence-corrected chi connectivity index (χ4v) is 2.75. The minimum Gasteiger partial charge on any atom is -0.477 e. The summed E-state index contributed by atoms with van der Waals surface area (Å²) in [6.07, 6.45) is 2.46. The second-order valence-corrected chi connectivity index (χ2v) is 5.54. The second kappa shape index (κ2) is 5.81. The van der Waals surface area contributed by atoms with Gasteiger partial charge in [-0.1, -0.05) is 17.7 Å². The van der Waals surface area contributed by atoms with Gasteiger partial charge in [0, 0.05) is 23.7 Å². The monoisotopic (exact) mass is 319 g/mol. The summed E-state index contributed by atoms with van der Waals surface area (Å²) < 4.78 is 1.45. The number of fused-ring (bicyclic) bond motifs is 1. The molecule has 1 aromatic carbocycles. The number of carboxylic acids is 1. The summed E-state index contributed by atoms with van der Waals surface area (Å²) in [6.45, 7) is 0.513. The van der Waals surface area contributed by atoms with Crippen LogP contribution in [-0.2, 0) is 13.0 Å². The Bertz CT molecular complexity index is 801. The Morgan fingerprint density at radius 1 is 1.36 bits per heavy atom. The molecule has 0 amide bonds. The highest BCUT2D eigenvalue weighted by Crippen LogP contribution is 2.22. The Balaban J connectivity index is 2.11. The van der Waals surface area contributed by atoms with Crippen molar-refractivity contribution in [3.63, 3.8) is 0 Å². The molecule has 1 aliphatic heterocycles. The molecular formula is C15H14ClN3O3. The van der Waals surface area contributed by atoms with Crippen LogP contribution >= 0.6 is 11.6 Å². The SMILES string of the molecule is O=C(O)c1c(Nc2cccc(Cl)c2)nc2n(c1=O)CCCC2. The van der Waals surface area contributed by atoms with Crippen LogP contribution in [0.1, 0.15) is 29.0 Å². The zero-order valence-corrected chi connectivity index (χ0v) is 12.4. The van der Waals surface area contributed by atoms with E-state index in [-0.39, 0.29) is 11.4 Å². The molecule has 0 spiro atoms. The van der Waals surface area contributed by atoms with E-state index >= 15 is 0 Å². The van der Waals surface area contributed by atoms with E-state index in [0.717, 1.165) is 12.8 Å². The third kappa shape index (κ3) is 2.69. The molecular weight excluding hydrogens is 306 g/mol. The number of benzene rings is 1. The predicted octanol–water partition coefficient (Wildman–Crippen LogP) is 2.67. The first-order valence-electron chi connectivity index (χ1n) is 6.96. The number of carbonyl (C=O) groups is 1. The quantitative estimate of drug-likeness (QED) is 0.908. The van der Waals surface area contributed by atoms with Crippen molar-refractivity contribution in [2.75, 3.05) is 5.32 Å². The first kappa shape index (κ1) is 14.6. The molecule has 0 unspecified atom stereocenters. The van der Waals surface area contributed by atoms with E-state index < -0.39 is 11.5 Å². The topological polar surface area (TPSA) is 84.2 Å². The maximum atomic E-state index is 12.4. The zero-order valence-electron chi connectivity index (χ0n) is 11.7. The predicted molar refractivity (Wildman–Crippen MR) is 83.1 cm³/mol. The normalized spacial score (nSPS) is 13.5. The van der Waals surface area contributed by atoms with Crippen LogP contribution in [0.5, 0.6) is 0 Å². The molecule has 0 fully saturated rings. The highest BCUT2D eigenvalue weighted by Gasteiger charge is 2.23. The standard InChI is InChI=1S/C15H14ClN3O3/c16-9-4-3-5-10(8-9)17-13-12(15(21)22)14(20)19-7-2-1-6-11(19)18-13/h3-5,8,17H,1-2,6-7H2,(H,21,22). The van der Waals surface area contributed by atoms with Crippen LogP contribution in [0, 0.1) is 0 Å². The van der Waals surface area contributed by atoms with Gasteiger partial charge in [0.15, 0.2) is 11.4 Å². The third-order valence-electron chi connectivity index (χ3n) is 3.58. The van der Waals surface area contributed by atoms with Crippen molar-refractivity contribution < 1.29 is 9.90 Å². The molecule has 22 heavy (non-hydrogen) atoms. The number of nitrogens with zero attached hydrogens (tertiary/aromatic N) is 2. The highest BCUT2D eigenvalue weighted by molar-refractivity contribution is 6.30. The number of aromatic carboxylic acids is 1. The molecule has 0 atom stereocenters. The molecule has 0 radical (unpaired) electrons. The van der Waals surface area contributed by atoms with E-state index in [9.17, 15) is 14.7 Å². The maximum absolute atomic E-state index is 12.4. The number of hydrogen-bond acceptors (Lipinski definition) is 4. The van der Waals surface area contributed by atoms with Crippen LogP contribution in [0.4, 0.5) is 11.5 Å². The Hall–Kier alpha value is -2.34. The van der Waals surface area contributed by atoms with Crippen molar-refractivity contribution in [2.24, 2.45) is 0 Å². The molecule has 7 heteroatoms. The van der Waals surface area contributed by atoms with E-state index in [1.165, 1.54) is 4.57 Å². The molecule has 1 aliphatic rings. The van der Waals surface area contributed by atoms with Gasteiger partial charge in [0.25, 0.3) is 5.56 Å². The summed E-state index contributed by atoms with van der Waals surface area (Å²) in [6, 6.07) is 6.82. The average molecular weight is 320 g/mol. The summed E-state index contributed by atoms with van der Waals surface area (Å²) in [4.78, 5) is 28.2. The number of anilines is 2. The van der Waals surface area contributed by atoms with Gasteiger partial charge in [-0.05, 0) is 31.0 Å². The molecule has 0 aliphatic carbocycles. The Kier molecular flexibility index (Phi) is 3.85. The van der Waals surface area contributed by atoms with E-state index in [2.05, 4.69) is 10.3 Å². The number of hydrogen-bond donors (Lipinski definition) is 2. The third-order valence-corrected chi connectivity index (χ3v) is 3.82. The second-order valence-electron chi connectivity index (χ2n) is 5.11. The van der Waals surface area contributed by atoms with Crippen molar-refractivity contribution in [3.05, 3.63) is 51.0 Å². The van der Waals surface area contributed by atoms with Gasteiger partial charge in [0.05, 0.1) is 0 Å². The maximum Gasteiger partial charge on any atom is 0.345 e. The van der Waals surface area contributed by atoms with E-state index in [0.29, 0.717) is 29.5 Å². The number of rotatable bonds is 3. The summed E-state index contributed by atoms with van der Waals surface area (Å²) in [5.74, 6) is -0.610. The molecule has 0 saturated carbocycles. The van der Waals surface area contributed by atoms with Crippen molar-refractivity contribution in [1.29, 1.82) is 0 Å². The molecule has 0 bridgehead atoms. The summed E-state index contributed by atoms with van der Waals surface area (Å²) in [5, 5.41) is 12.8. The van der Waals surface area contributed by atoms with Gasteiger partial charge in [-0.25, -0.2) is 9.78 Å². The van der Waals surface area contributed by atoms with Gasteiger partial charge < -0.3 is 10.4 Å². The fraction of sp³-hybridized carbons (Fsp3) is 0.267. The van der Waals surface area contributed by atoms with Crippen LogP contribution in [0.15, 0.2) is 29.1 Å². The lowest BCUT2D eigenvalue weighted by Gasteiger charge is -2.19. The van der Waals surface area contributed by atoms with E-state index in [4.69, 9.17) is 11.6 Å². The first-order valence-corrected chi connectivity index (χ1v) is 7.33. The Labute approximate surface area is 131 Å². The van der Waals surface area contributed by atoms with Crippen molar-refractivity contribution in [2.45, 2.75) is 25.8 Å². The lowest BCUT2D eigenvalue weighted by molar-refractivity contribution is 0.0694. The number of carboxylic acid groups (broad SMARTS) is 1. The Morgan fingerprint density at radius 3 is 2.91 bits per heavy atom. The largest absolute Gasteiger partial charge is 0.477 e. The molecule has 3 rings (SSSR count). The van der Waals surface area contributed by atoms with Crippen molar-refractivity contribution in [3.8, 4) is 0 Å². The van der Waals surface area contributed by atoms with Crippen LogP contribution < -0.4 is 10.9 Å². The zero-order chi connectivity index (χ0) is 15.7. The first-order chi connectivity index (χ1) is 10.6. The minimum absolute atomic E-state index is 0.0629. The lowest BCUT2D eigenvalue weighted by atomic mass is 10.1. The minimum atomic E-state index is -1.29. The van der Waals surface area contributed by atoms with Gasteiger partial charge >= 0.3 is 5.97 Å². The smallest absolute Gasteiger partial charge is 0.345 e. The Morgan fingerprint density at radius 2 is 2.18 bits per heavy atom. The van der Waals surface area contributed by atoms with Crippen LogP contribution in [-0.4, -0.2) is 20.6 Å². The lowest BCUT2D eigenvalue weighted by Crippen LogP contribution is -2.33. The molecule has 2 N–H and O–H groups in total. The van der Waals surface area contributed by atoms with Gasteiger partial charge in [-0.3, -0.25) is 9.36 Å². The molecule has 114 valence electrons. The summed E-state index contributed by atoms with van der Waals surface area (Å²) in [5.41, 5.74) is -0.269. The molecule has 1 aromatic heterocycles. The number of halogens is 1. The van der Waals surface area contributed by atoms with Gasteiger partial charge in [-0.15, -0.1) is 0 Å². The fourth-order valence-electron chi connectivity index (χ4n) is 2.56. The number of aryl methyl sites for hydroxylation is 1. The highest BCUT2D eigenvalue weighted by atomic mass is 35.5. The van der Waals surface area contributed by atoms with Crippen molar-refractivity contribution >= 4 is 29.1 Å². The molecule has 0 saturated heterocycles. The summed E-state index contributed by atoms with van der Waals surface area (Å²) >= 11 is 5.92. The van der Waals surface area contributed by atoms with Gasteiger partial charge in [0.1, 0.15) is 5.82 Å². The van der Waals surface area contributed by atoms with E-state index in [1.807, 2.05) is 0 Å². The molecule has 6 nitrogen and oxygen atoms in total. The van der Waals surface area contributed by atoms with Crippen LogP contribution in [0.2, 0.25) is 5.02 Å². The van der Waals surface area contributed by atoms with Gasteiger partial charge in [-0.2, -0.15) is 0 Å².